The minimum absolute atomic E-state index is 0.0440. The van der Waals surface area contributed by atoms with Crippen LogP contribution in [0.4, 0.5) is 5.69 Å². The van der Waals surface area contributed by atoms with Crippen LogP contribution in [0.2, 0.25) is 5.02 Å². The van der Waals surface area contributed by atoms with E-state index in [0.717, 1.165) is 5.56 Å². The molecule has 2 N–H and O–H groups in total. The highest BCUT2D eigenvalue weighted by atomic mass is 35.5. The molecule has 3 rings (SSSR count). The summed E-state index contributed by atoms with van der Waals surface area (Å²) in [5, 5.41) is 12.4. The number of halogens is 1. The van der Waals surface area contributed by atoms with Gasteiger partial charge in [0.2, 0.25) is 12.7 Å². The average molecular weight is 362 g/mol. The van der Waals surface area contributed by atoms with Gasteiger partial charge in [-0.05, 0) is 29.8 Å². The van der Waals surface area contributed by atoms with Crippen LogP contribution in [0.1, 0.15) is 24.3 Å². The molecule has 25 heavy (non-hydrogen) atoms. The Kier molecular flexibility index (Phi) is 5.09. The summed E-state index contributed by atoms with van der Waals surface area (Å²) >= 11 is 5.86. The van der Waals surface area contributed by atoms with Gasteiger partial charge in [-0.3, -0.25) is 9.59 Å². The number of fused-ring (bicyclic) bond motifs is 1. The summed E-state index contributed by atoms with van der Waals surface area (Å²) in [6, 6.07) is 11.9. The van der Waals surface area contributed by atoms with Crippen molar-refractivity contribution in [3.63, 3.8) is 0 Å². The number of hydrogen-bond donors (Lipinski definition) is 2. The quantitative estimate of drug-likeness (QED) is 0.820. The fourth-order valence-electron chi connectivity index (χ4n) is 2.66. The molecular formula is C18H16ClNO5. The third-order valence-corrected chi connectivity index (χ3v) is 4.10. The van der Waals surface area contributed by atoms with Crippen LogP contribution < -0.4 is 14.8 Å². The summed E-state index contributed by atoms with van der Waals surface area (Å²) in [5.41, 5.74) is 1.33. The minimum Gasteiger partial charge on any atom is -0.481 e. The molecule has 7 heteroatoms. The van der Waals surface area contributed by atoms with Gasteiger partial charge in [0.15, 0.2) is 11.5 Å². The summed E-state index contributed by atoms with van der Waals surface area (Å²) in [7, 11) is 0. The highest BCUT2D eigenvalue weighted by Crippen LogP contribution is 2.34. The van der Waals surface area contributed by atoms with Gasteiger partial charge in [-0.25, -0.2) is 0 Å². The van der Waals surface area contributed by atoms with Crippen molar-refractivity contribution in [2.75, 3.05) is 12.1 Å². The highest BCUT2D eigenvalue weighted by Gasteiger charge is 2.20. The lowest BCUT2D eigenvalue weighted by molar-refractivity contribution is -0.137. The predicted octanol–water partition coefficient (Wildman–Crippen LogP) is 3.66. The van der Waals surface area contributed by atoms with E-state index < -0.39 is 11.9 Å². The summed E-state index contributed by atoms with van der Waals surface area (Å²) < 4.78 is 10.5. The molecule has 1 unspecified atom stereocenters. The van der Waals surface area contributed by atoms with E-state index in [2.05, 4.69) is 5.32 Å². The molecule has 1 aliphatic rings. The maximum absolute atomic E-state index is 12.3. The first-order chi connectivity index (χ1) is 12.0. The zero-order valence-corrected chi connectivity index (χ0v) is 14.0. The number of carboxylic acid groups (broad SMARTS) is 1. The zero-order valence-electron chi connectivity index (χ0n) is 13.2. The smallest absolute Gasteiger partial charge is 0.303 e. The molecule has 0 saturated carbocycles. The summed E-state index contributed by atoms with van der Waals surface area (Å²) in [6.07, 6.45) is -0.0986. The van der Waals surface area contributed by atoms with Crippen LogP contribution >= 0.6 is 11.6 Å². The molecule has 1 heterocycles. The molecule has 2 aromatic carbocycles. The summed E-state index contributed by atoms with van der Waals surface area (Å²) in [6.45, 7) is 0.157. The van der Waals surface area contributed by atoms with Crippen molar-refractivity contribution in [3.8, 4) is 11.5 Å². The van der Waals surface area contributed by atoms with Crippen molar-refractivity contribution in [2.45, 2.75) is 18.8 Å². The minimum atomic E-state index is -0.962. The van der Waals surface area contributed by atoms with E-state index in [9.17, 15) is 9.59 Å². The molecule has 1 amide bonds. The number of hydrogen-bond acceptors (Lipinski definition) is 4. The van der Waals surface area contributed by atoms with Crippen molar-refractivity contribution in [1.82, 2.24) is 0 Å². The topological polar surface area (TPSA) is 84.9 Å². The van der Waals surface area contributed by atoms with E-state index >= 15 is 0 Å². The van der Waals surface area contributed by atoms with E-state index in [4.69, 9.17) is 26.2 Å². The third-order valence-electron chi connectivity index (χ3n) is 3.85. The second-order valence-corrected chi connectivity index (χ2v) is 6.10. The average Bonchev–Trinajstić information content (AvgIpc) is 3.02. The number of carbonyl (C=O) groups excluding carboxylic acids is 1. The SMILES string of the molecule is O=C(O)CC(CC(=O)Nc1ccc2c(c1)OCO2)c1ccc(Cl)cc1. The number of ether oxygens (including phenoxy) is 2. The Bertz CT molecular complexity index is 791. The highest BCUT2D eigenvalue weighted by molar-refractivity contribution is 6.30. The van der Waals surface area contributed by atoms with Gasteiger partial charge in [0.25, 0.3) is 0 Å². The van der Waals surface area contributed by atoms with Gasteiger partial charge in [0.05, 0.1) is 6.42 Å². The molecule has 0 saturated heterocycles. The molecule has 0 aromatic heterocycles. The van der Waals surface area contributed by atoms with E-state index in [1.54, 1.807) is 42.5 Å². The Labute approximate surface area is 149 Å². The van der Waals surface area contributed by atoms with Crippen LogP contribution in [0.15, 0.2) is 42.5 Å². The molecule has 1 atom stereocenters. The lowest BCUT2D eigenvalue weighted by atomic mass is 9.92. The van der Waals surface area contributed by atoms with Crippen molar-refractivity contribution >= 4 is 29.2 Å². The van der Waals surface area contributed by atoms with Crippen LogP contribution in [0.3, 0.4) is 0 Å². The Hall–Kier alpha value is -2.73. The number of aliphatic carboxylic acids is 1. The van der Waals surface area contributed by atoms with E-state index in [1.807, 2.05) is 0 Å². The Balaban J connectivity index is 1.69. The summed E-state index contributed by atoms with van der Waals surface area (Å²) in [4.78, 5) is 23.5. The Morgan fingerprint density at radius 1 is 1.08 bits per heavy atom. The van der Waals surface area contributed by atoms with E-state index in [0.29, 0.717) is 22.2 Å². The first kappa shape index (κ1) is 17.1. The van der Waals surface area contributed by atoms with Crippen LogP contribution in [-0.4, -0.2) is 23.8 Å². The van der Waals surface area contributed by atoms with Gasteiger partial charge in [-0.1, -0.05) is 23.7 Å². The number of benzene rings is 2. The molecular weight excluding hydrogens is 346 g/mol. The second-order valence-electron chi connectivity index (χ2n) is 5.67. The first-order valence-corrected chi connectivity index (χ1v) is 8.06. The van der Waals surface area contributed by atoms with Gasteiger partial charge in [0, 0.05) is 29.1 Å². The third kappa shape index (κ3) is 4.42. The molecule has 130 valence electrons. The lowest BCUT2D eigenvalue weighted by Gasteiger charge is -2.15. The molecule has 0 fully saturated rings. The van der Waals surface area contributed by atoms with Crippen LogP contribution in [-0.2, 0) is 9.59 Å². The second kappa shape index (κ2) is 7.44. The molecule has 0 bridgehead atoms. The molecule has 2 aromatic rings. The number of rotatable bonds is 6. The molecule has 6 nitrogen and oxygen atoms in total. The van der Waals surface area contributed by atoms with Gasteiger partial charge in [-0.15, -0.1) is 0 Å². The Morgan fingerprint density at radius 3 is 2.52 bits per heavy atom. The van der Waals surface area contributed by atoms with Crippen LogP contribution in [0, 0.1) is 0 Å². The number of carbonyl (C=O) groups is 2. The zero-order chi connectivity index (χ0) is 17.8. The fourth-order valence-corrected chi connectivity index (χ4v) is 2.79. The fraction of sp³-hybridized carbons (Fsp3) is 0.222. The van der Waals surface area contributed by atoms with Crippen LogP contribution in [0.25, 0.3) is 0 Å². The number of anilines is 1. The number of carboxylic acids is 1. The van der Waals surface area contributed by atoms with Gasteiger partial charge in [-0.2, -0.15) is 0 Å². The van der Waals surface area contributed by atoms with Crippen molar-refractivity contribution < 1.29 is 24.2 Å². The largest absolute Gasteiger partial charge is 0.481 e. The first-order valence-electron chi connectivity index (χ1n) is 7.68. The predicted molar refractivity (Wildman–Crippen MR) is 92.3 cm³/mol. The summed E-state index contributed by atoms with van der Waals surface area (Å²) in [5.74, 6) is -0.486. The Morgan fingerprint density at radius 2 is 1.80 bits per heavy atom. The van der Waals surface area contributed by atoms with Crippen molar-refractivity contribution in [2.24, 2.45) is 0 Å². The van der Waals surface area contributed by atoms with Crippen molar-refractivity contribution in [1.29, 1.82) is 0 Å². The maximum Gasteiger partial charge on any atom is 0.303 e. The van der Waals surface area contributed by atoms with E-state index in [1.165, 1.54) is 0 Å². The molecule has 0 spiro atoms. The number of amides is 1. The van der Waals surface area contributed by atoms with E-state index in [-0.39, 0.29) is 25.5 Å². The maximum atomic E-state index is 12.3. The van der Waals surface area contributed by atoms with Gasteiger partial charge >= 0.3 is 5.97 Å². The van der Waals surface area contributed by atoms with Gasteiger partial charge in [0.1, 0.15) is 0 Å². The van der Waals surface area contributed by atoms with Gasteiger partial charge < -0.3 is 19.9 Å². The van der Waals surface area contributed by atoms with Crippen LogP contribution in [0.5, 0.6) is 11.5 Å². The molecule has 1 aliphatic heterocycles. The standard InChI is InChI=1S/C18H16ClNO5/c19-13-3-1-11(2-4-13)12(8-18(22)23)7-17(21)20-14-5-6-15-16(9-14)25-10-24-15/h1-6,9,12H,7-8,10H2,(H,20,21)(H,22,23). The number of nitrogens with one attached hydrogen (secondary N) is 1. The molecule has 0 aliphatic carbocycles. The normalized spacial score (nSPS) is 13.3. The van der Waals surface area contributed by atoms with Crippen molar-refractivity contribution in [3.05, 3.63) is 53.1 Å². The molecule has 0 radical (unpaired) electrons. The monoisotopic (exact) mass is 361 g/mol. The lowest BCUT2D eigenvalue weighted by Crippen LogP contribution is -2.17.